The molecule has 0 N–H and O–H groups in total. The molecule has 2 atom stereocenters. The van der Waals surface area contributed by atoms with Crippen molar-refractivity contribution in [3.05, 3.63) is 23.0 Å². The fraction of sp³-hybridized carbons (Fsp3) is 0.737. The second-order valence-corrected chi connectivity index (χ2v) is 7.65. The first-order chi connectivity index (χ1) is 10.9. The second kappa shape index (κ2) is 6.31. The molecule has 3 heterocycles. The highest BCUT2D eigenvalue weighted by Gasteiger charge is 2.39. The number of hydrogen-bond acceptors (Lipinski definition) is 2. The number of hydrogen-bond donors (Lipinski definition) is 0. The van der Waals surface area contributed by atoms with Crippen molar-refractivity contribution in [3.8, 4) is 0 Å². The monoisotopic (exact) mass is 317 g/mol. The summed E-state index contributed by atoms with van der Waals surface area (Å²) in [5.41, 5.74) is 3.21. The Morgan fingerprint density at radius 2 is 1.78 bits per heavy atom. The molecule has 4 nitrogen and oxygen atoms in total. The van der Waals surface area contributed by atoms with Crippen LogP contribution in [0.15, 0.2) is 6.07 Å². The zero-order valence-corrected chi connectivity index (χ0v) is 15.3. The smallest absolute Gasteiger partial charge is 0.255 e. The molecule has 0 bridgehead atoms. The van der Waals surface area contributed by atoms with E-state index in [1.807, 2.05) is 0 Å². The predicted octanol–water partition coefficient (Wildman–Crippen LogP) is 3.38. The summed E-state index contributed by atoms with van der Waals surface area (Å²) in [6.07, 6.45) is 4.80. The lowest BCUT2D eigenvalue weighted by Crippen LogP contribution is -2.47. The largest absolute Gasteiger partial charge is 0.346 e. The van der Waals surface area contributed by atoms with E-state index < -0.39 is 0 Å². The van der Waals surface area contributed by atoms with E-state index in [4.69, 9.17) is 0 Å². The van der Waals surface area contributed by atoms with Crippen molar-refractivity contribution >= 4 is 5.91 Å². The van der Waals surface area contributed by atoms with Crippen LogP contribution in [0.1, 0.15) is 67.3 Å². The van der Waals surface area contributed by atoms with E-state index in [-0.39, 0.29) is 5.91 Å². The molecular formula is C19H31N3O. The van der Waals surface area contributed by atoms with Crippen LogP contribution in [0.3, 0.4) is 0 Å². The van der Waals surface area contributed by atoms with Crippen LogP contribution in [0, 0.1) is 13.8 Å². The lowest BCUT2D eigenvalue weighted by molar-refractivity contribution is 0.0663. The van der Waals surface area contributed by atoms with E-state index in [9.17, 15) is 4.79 Å². The summed E-state index contributed by atoms with van der Waals surface area (Å²) < 4.78 is 2.28. The van der Waals surface area contributed by atoms with Gasteiger partial charge in [-0.3, -0.25) is 4.79 Å². The van der Waals surface area contributed by atoms with Crippen LogP contribution in [0.5, 0.6) is 0 Å². The van der Waals surface area contributed by atoms with Crippen LogP contribution in [0.25, 0.3) is 0 Å². The molecule has 0 spiro atoms. The maximum Gasteiger partial charge on any atom is 0.255 e. The Kier molecular flexibility index (Phi) is 4.54. The zero-order valence-electron chi connectivity index (χ0n) is 15.3. The van der Waals surface area contributed by atoms with Crippen molar-refractivity contribution in [2.75, 3.05) is 20.1 Å². The molecule has 2 saturated heterocycles. The number of carbonyl (C=O) groups excluding carboxylic acids is 1. The summed E-state index contributed by atoms with van der Waals surface area (Å²) in [5.74, 6) is 0.243. The van der Waals surface area contributed by atoms with Gasteiger partial charge in [-0.1, -0.05) is 0 Å². The molecule has 0 saturated carbocycles. The van der Waals surface area contributed by atoms with Crippen molar-refractivity contribution in [1.82, 2.24) is 14.4 Å². The van der Waals surface area contributed by atoms with Gasteiger partial charge in [0, 0.05) is 36.1 Å². The number of aryl methyl sites for hydroxylation is 1. The number of rotatable bonds is 3. The van der Waals surface area contributed by atoms with Gasteiger partial charge in [0.05, 0.1) is 5.56 Å². The number of aromatic nitrogens is 1. The fourth-order valence-corrected chi connectivity index (χ4v) is 4.81. The van der Waals surface area contributed by atoms with Crippen LogP contribution in [0.2, 0.25) is 0 Å². The van der Waals surface area contributed by atoms with Gasteiger partial charge < -0.3 is 14.4 Å². The Labute approximate surface area is 140 Å². The SMILES string of the molecule is Cc1cc(C(=O)N2CCCC2C2CCCN2C)c(C)n1C(C)C. The van der Waals surface area contributed by atoms with Crippen LogP contribution >= 0.6 is 0 Å². The molecule has 1 aromatic heterocycles. The molecule has 2 unspecified atom stereocenters. The first-order valence-corrected chi connectivity index (χ1v) is 9.11. The second-order valence-electron chi connectivity index (χ2n) is 7.65. The maximum absolute atomic E-state index is 13.2. The summed E-state index contributed by atoms with van der Waals surface area (Å²) in [5, 5.41) is 0. The van der Waals surface area contributed by atoms with Gasteiger partial charge in [-0.05, 0) is 73.0 Å². The average molecular weight is 317 g/mol. The highest BCUT2D eigenvalue weighted by Crippen LogP contribution is 2.31. The van der Waals surface area contributed by atoms with Crippen LogP contribution < -0.4 is 0 Å². The van der Waals surface area contributed by atoms with Crippen molar-refractivity contribution < 1.29 is 4.79 Å². The summed E-state index contributed by atoms with van der Waals surface area (Å²) in [7, 11) is 2.21. The molecule has 2 fully saturated rings. The van der Waals surface area contributed by atoms with Gasteiger partial charge in [0.2, 0.25) is 0 Å². The van der Waals surface area contributed by atoms with E-state index in [0.717, 1.165) is 30.6 Å². The van der Waals surface area contributed by atoms with E-state index >= 15 is 0 Å². The molecule has 0 aromatic carbocycles. The average Bonchev–Trinajstić information content (AvgIpc) is 3.16. The van der Waals surface area contributed by atoms with Gasteiger partial charge in [-0.25, -0.2) is 0 Å². The highest BCUT2D eigenvalue weighted by atomic mass is 16.2. The topological polar surface area (TPSA) is 28.5 Å². The molecule has 4 heteroatoms. The predicted molar refractivity (Wildman–Crippen MR) is 94.0 cm³/mol. The van der Waals surface area contributed by atoms with Crippen molar-refractivity contribution in [1.29, 1.82) is 0 Å². The van der Waals surface area contributed by atoms with Gasteiger partial charge in [0.25, 0.3) is 5.91 Å². The Morgan fingerprint density at radius 3 is 2.35 bits per heavy atom. The normalized spacial score (nSPS) is 25.7. The van der Waals surface area contributed by atoms with Gasteiger partial charge >= 0.3 is 0 Å². The summed E-state index contributed by atoms with van der Waals surface area (Å²) in [4.78, 5) is 17.8. The summed E-state index contributed by atoms with van der Waals surface area (Å²) in [6, 6.07) is 3.44. The third kappa shape index (κ3) is 2.82. The fourth-order valence-electron chi connectivity index (χ4n) is 4.81. The third-order valence-corrected chi connectivity index (χ3v) is 5.81. The molecule has 128 valence electrons. The quantitative estimate of drug-likeness (QED) is 0.855. The van der Waals surface area contributed by atoms with E-state index in [1.54, 1.807) is 0 Å². The zero-order chi connectivity index (χ0) is 16.7. The molecule has 1 amide bonds. The lowest BCUT2D eigenvalue weighted by Gasteiger charge is -2.33. The lowest BCUT2D eigenvalue weighted by atomic mass is 10.0. The molecule has 2 aliphatic rings. The summed E-state index contributed by atoms with van der Waals surface area (Å²) in [6.45, 7) is 10.6. The number of amides is 1. The van der Waals surface area contributed by atoms with E-state index in [0.29, 0.717) is 18.1 Å². The van der Waals surface area contributed by atoms with Crippen LogP contribution in [-0.2, 0) is 0 Å². The Bertz CT molecular complexity index is 590. The van der Waals surface area contributed by atoms with Gasteiger partial charge in [0.15, 0.2) is 0 Å². The molecular weight excluding hydrogens is 286 g/mol. The minimum atomic E-state index is 0.243. The Balaban J connectivity index is 1.86. The molecule has 0 aliphatic carbocycles. The summed E-state index contributed by atoms with van der Waals surface area (Å²) >= 11 is 0. The molecule has 2 aliphatic heterocycles. The number of likely N-dealkylation sites (tertiary alicyclic amines) is 2. The van der Waals surface area contributed by atoms with Gasteiger partial charge in [-0.15, -0.1) is 0 Å². The molecule has 1 aromatic rings. The Hall–Kier alpha value is -1.29. The minimum absolute atomic E-state index is 0.243. The van der Waals surface area contributed by atoms with Crippen molar-refractivity contribution in [2.45, 2.75) is 71.5 Å². The van der Waals surface area contributed by atoms with Crippen molar-refractivity contribution in [3.63, 3.8) is 0 Å². The van der Waals surface area contributed by atoms with E-state index in [2.05, 4.69) is 55.2 Å². The standard InChI is InChI=1S/C19H31N3O/c1-13(2)22-14(3)12-16(15(22)4)19(23)21-11-7-9-18(21)17-8-6-10-20(17)5/h12-13,17-18H,6-11H2,1-5H3. The molecule has 0 radical (unpaired) electrons. The first-order valence-electron chi connectivity index (χ1n) is 9.11. The Morgan fingerprint density at radius 1 is 1.13 bits per heavy atom. The minimum Gasteiger partial charge on any atom is -0.346 e. The van der Waals surface area contributed by atoms with Crippen LogP contribution in [-0.4, -0.2) is 52.5 Å². The first kappa shape index (κ1) is 16.6. The van der Waals surface area contributed by atoms with Gasteiger partial charge in [0.1, 0.15) is 0 Å². The number of carbonyl (C=O) groups is 1. The van der Waals surface area contributed by atoms with Crippen molar-refractivity contribution in [2.24, 2.45) is 0 Å². The maximum atomic E-state index is 13.2. The number of nitrogens with zero attached hydrogens (tertiary/aromatic N) is 3. The van der Waals surface area contributed by atoms with Crippen LogP contribution in [0.4, 0.5) is 0 Å². The third-order valence-electron chi connectivity index (χ3n) is 5.81. The molecule has 23 heavy (non-hydrogen) atoms. The van der Waals surface area contributed by atoms with E-state index in [1.165, 1.54) is 25.1 Å². The number of likely N-dealkylation sites (N-methyl/N-ethyl adjacent to an activating group) is 1. The van der Waals surface area contributed by atoms with Gasteiger partial charge in [-0.2, -0.15) is 0 Å². The highest BCUT2D eigenvalue weighted by molar-refractivity contribution is 5.96. The molecule has 3 rings (SSSR count).